The molecule has 3 aromatic rings. The van der Waals surface area contributed by atoms with Crippen LogP contribution < -0.4 is 15.0 Å². The molecule has 1 aromatic carbocycles. The van der Waals surface area contributed by atoms with E-state index in [0.717, 1.165) is 65.7 Å². The van der Waals surface area contributed by atoms with Gasteiger partial charge in [0.25, 0.3) is 5.91 Å². The first kappa shape index (κ1) is 28.3. The number of hydrogen-bond donors (Lipinski definition) is 3. The van der Waals surface area contributed by atoms with Crippen LogP contribution in [0.5, 0.6) is 11.8 Å². The maximum absolute atomic E-state index is 13.5. The smallest absolute Gasteiger partial charge is 0.253 e. The van der Waals surface area contributed by atoms with Crippen LogP contribution in [0.15, 0.2) is 48.5 Å². The largest absolute Gasteiger partial charge is 0.420 e. The number of thioether (sulfide) groups is 1. The van der Waals surface area contributed by atoms with Crippen molar-refractivity contribution in [3.63, 3.8) is 0 Å². The summed E-state index contributed by atoms with van der Waals surface area (Å²) >= 11 is 0.828. The Hall–Kier alpha value is -4.25. The van der Waals surface area contributed by atoms with Crippen molar-refractivity contribution >= 4 is 40.1 Å². The highest BCUT2D eigenvalue weighted by Crippen LogP contribution is 2.51. The second-order valence-corrected chi connectivity index (χ2v) is 11.8. The van der Waals surface area contributed by atoms with E-state index in [1.165, 1.54) is 4.90 Å². The zero-order valence-corrected chi connectivity index (χ0v) is 24.3. The molecule has 2 aliphatic rings. The van der Waals surface area contributed by atoms with Gasteiger partial charge in [-0.05, 0) is 54.9 Å². The molecule has 5 rings (SSSR count). The van der Waals surface area contributed by atoms with Crippen molar-refractivity contribution in [2.75, 3.05) is 32.1 Å². The summed E-state index contributed by atoms with van der Waals surface area (Å²) in [5, 5.41) is 17.8. The van der Waals surface area contributed by atoms with E-state index in [1.807, 2.05) is 50.2 Å². The molecule has 1 atom stereocenters. The molecule has 2 amide bonds. The molecule has 212 valence electrons. The molecule has 10 nitrogen and oxygen atoms in total. The Morgan fingerprint density at radius 2 is 1.66 bits per heavy atom. The average Bonchev–Trinajstić information content (AvgIpc) is 3.50. The number of amidine groups is 1. The van der Waals surface area contributed by atoms with Crippen molar-refractivity contribution in [2.24, 2.45) is 5.41 Å². The van der Waals surface area contributed by atoms with E-state index in [0.29, 0.717) is 23.0 Å². The molecule has 2 aliphatic heterocycles. The van der Waals surface area contributed by atoms with Gasteiger partial charge in [-0.1, -0.05) is 32.0 Å². The van der Waals surface area contributed by atoms with E-state index in [9.17, 15) is 9.59 Å². The van der Waals surface area contributed by atoms with E-state index in [4.69, 9.17) is 25.5 Å². The van der Waals surface area contributed by atoms with Crippen LogP contribution in [0.4, 0.5) is 5.82 Å². The van der Waals surface area contributed by atoms with Crippen LogP contribution in [-0.2, 0) is 4.79 Å². The summed E-state index contributed by atoms with van der Waals surface area (Å²) in [5.74, 6) is 0.713. The van der Waals surface area contributed by atoms with Gasteiger partial charge in [-0.3, -0.25) is 15.0 Å². The van der Waals surface area contributed by atoms with Gasteiger partial charge in [-0.15, -0.1) is 0 Å². The number of nitrogens with zero attached hydrogens (tertiary/aromatic N) is 4. The fourth-order valence-electron chi connectivity index (χ4n) is 5.34. The SMILES string of the molecule is CN(C)C(=O)c1ccc(-c2ccc3c(n2)Oc2nc(N4CCCC4)ccc2C3C(C)(C)C(=O)NC(=N)SC=N)cc1. The zero-order chi connectivity index (χ0) is 29.3. The quantitative estimate of drug-likeness (QED) is 0.277. The Labute approximate surface area is 243 Å². The molecular weight excluding hydrogens is 538 g/mol. The highest BCUT2D eigenvalue weighted by atomic mass is 32.2. The van der Waals surface area contributed by atoms with Gasteiger partial charge in [0.05, 0.1) is 16.7 Å². The van der Waals surface area contributed by atoms with E-state index >= 15 is 0 Å². The second-order valence-electron chi connectivity index (χ2n) is 10.9. The minimum absolute atomic E-state index is 0.0785. The summed E-state index contributed by atoms with van der Waals surface area (Å²) in [4.78, 5) is 39.3. The summed E-state index contributed by atoms with van der Waals surface area (Å²) in [6, 6.07) is 15.0. The molecule has 0 bridgehead atoms. The number of nitrogens with one attached hydrogen (secondary N) is 3. The van der Waals surface area contributed by atoms with Crippen molar-refractivity contribution in [1.29, 1.82) is 10.8 Å². The maximum atomic E-state index is 13.5. The number of ether oxygens (including phenoxy) is 1. The highest BCUT2D eigenvalue weighted by Gasteiger charge is 2.45. The minimum atomic E-state index is -1.02. The van der Waals surface area contributed by atoms with E-state index in [-0.39, 0.29) is 17.0 Å². The van der Waals surface area contributed by atoms with E-state index in [2.05, 4.69) is 10.2 Å². The van der Waals surface area contributed by atoms with Gasteiger partial charge >= 0.3 is 0 Å². The molecule has 2 aromatic heterocycles. The van der Waals surface area contributed by atoms with Crippen LogP contribution in [0.3, 0.4) is 0 Å². The third-order valence-electron chi connectivity index (χ3n) is 7.55. The van der Waals surface area contributed by atoms with Crippen molar-refractivity contribution in [1.82, 2.24) is 20.2 Å². The summed E-state index contributed by atoms with van der Waals surface area (Å²) in [6.45, 7) is 5.52. The number of pyridine rings is 2. The van der Waals surface area contributed by atoms with Crippen molar-refractivity contribution in [3.05, 3.63) is 65.2 Å². The molecule has 0 saturated carbocycles. The number of aromatic nitrogens is 2. The second kappa shape index (κ2) is 11.3. The van der Waals surface area contributed by atoms with Gasteiger partial charge in [0.2, 0.25) is 17.7 Å². The Kier molecular flexibility index (Phi) is 7.81. The Morgan fingerprint density at radius 3 is 2.29 bits per heavy atom. The van der Waals surface area contributed by atoms with Crippen LogP contribution in [0, 0.1) is 16.2 Å². The monoisotopic (exact) mass is 571 g/mol. The van der Waals surface area contributed by atoms with Gasteiger partial charge in [-0.2, -0.15) is 4.98 Å². The topological polar surface area (TPSA) is 135 Å². The number of rotatable bonds is 6. The number of fused-ring (bicyclic) bond motifs is 2. The van der Waals surface area contributed by atoms with Crippen molar-refractivity contribution < 1.29 is 14.3 Å². The van der Waals surface area contributed by atoms with Crippen LogP contribution >= 0.6 is 11.8 Å². The van der Waals surface area contributed by atoms with Crippen LogP contribution in [0.25, 0.3) is 11.3 Å². The molecule has 41 heavy (non-hydrogen) atoms. The number of anilines is 1. The molecule has 3 N–H and O–H groups in total. The van der Waals surface area contributed by atoms with Gasteiger partial charge in [0.15, 0.2) is 5.17 Å². The molecule has 1 unspecified atom stereocenters. The molecule has 1 fully saturated rings. The molecule has 0 aliphatic carbocycles. The summed E-state index contributed by atoms with van der Waals surface area (Å²) < 4.78 is 6.34. The van der Waals surface area contributed by atoms with E-state index in [1.54, 1.807) is 26.2 Å². The minimum Gasteiger partial charge on any atom is -0.420 e. The van der Waals surface area contributed by atoms with Crippen LogP contribution in [0.2, 0.25) is 0 Å². The third-order valence-corrected chi connectivity index (χ3v) is 8.01. The average molecular weight is 572 g/mol. The highest BCUT2D eigenvalue weighted by molar-refractivity contribution is 8.24. The fourth-order valence-corrected chi connectivity index (χ4v) is 5.61. The predicted molar refractivity (Wildman–Crippen MR) is 161 cm³/mol. The molecule has 11 heteroatoms. The lowest BCUT2D eigenvalue weighted by Crippen LogP contribution is -2.43. The summed E-state index contributed by atoms with van der Waals surface area (Å²) in [5.41, 5.74) is 3.57. The summed E-state index contributed by atoms with van der Waals surface area (Å²) in [6.07, 6.45) is 2.23. The lowest BCUT2D eigenvalue weighted by molar-refractivity contribution is -0.128. The van der Waals surface area contributed by atoms with Crippen LogP contribution in [-0.4, -0.2) is 64.6 Å². The number of carbonyl (C=O) groups excluding carboxylic acids is 2. The summed E-state index contributed by atoms with van der Waals surface area (Å²) in [7, 11) is 3.43. The Bertz CT molecular complexity index is 1510. The molecule has 4 heterocycles. The Morgan fingerprint density at radius 1 is 1.02 bits per heavy atom. The Balaban J connectivity index is 1.56. The number of benzene rings is 1. The number of carbonyl (C=O) groups is 2. The number of hydrogen-bond acceptors (Lipinski definition) is 9. The third kappa shape index (κ3) is 5.54. The number of amides is 2. The van der Waals surface area contributed by atoms with Gasteiger partial charge in [0, 0.05) is 55.4 Å². The fraction of sp³-hybridized carbons (Fsp3) is 0.333. The lowest BCUT2D eigenvalue weighted by Gasteiger charge is -2.37. The van der Waals surface area contributed by atoms with Crippen molar-refractivity contribution in [2.45, 2.75) is 32.6 Å². The van der Waals surface area contributed by atoms with Gasteiger partial charge in [0.1, 0.15) is 5.82 Å². The molecule has 1 saturated heterocycles. The first-order chi connectivity index (χ1) is 19.6. The molecular formula is C30H33N7O3S. The normalized spacial score (nSPS) is 15.8. The first-order valence-corrected chi connectivity index (χ1v) is 14.3. The predicted octanol–water partition coefficient (Wildman–Crippen LogP) is 5.10. The molecule has 0 spiro atoms. The zero-order valence-electron chi connectivity index (χ0n) is 23.5. The van der Waals surface area contributed by atoms with Gasteiger partial charge in [-0.25, -0.2) is 4.98 Å². The van der Waals surface area contributed by atoms with Crippen LogP contribution in [0.1, 0.15) is 54.1 Å². The molecule has 0 radical (unpaired) electrons. The maximum Gasteiger partial charge on any atom is 0.253 e. The lowest BCUT2D eigenvalue weighted by atomic mass is 9.70. The standard InChI is InChI=1S/C30H33N7O3S/c1-30(2,28(39)35-29(32)41-17-31)24-20-11-13-22(18-7-9-19(10-8-18)27(38)36(3)4)33-25(20)40-26-21(24)12-14-23(34-26)37-15-5-6-16-37/h7-14,17,24,31H,5-6,15-16H2,1-4H3,(H2,32,35,39). The van der Waals surface area contributed by atoms with Gasteiger partial charge < -0.3 is 25.3 Å². The first-order valence-electron chi connectivity index (χ1n) is 13.4. The van der Waals surface area contributed by atoms with E-state index < -0.39 is 11.3 Å². The van der Waals surface area contributed by atoms with Crippen molar-refractivity contribution in [3.8, 4) is 23.0 Å².